The van der Waals surface area contributed by atoms with Gasteiger partial charge in [-0.2, -0.15) is 0 Å². The van der Waals surface area contributed by atoms with Crippen LogP contribution in [-0.4, -0.2) is 49.0 Å². The number of ether oxygens (including phenoxy) is 1. The molecule has 0 saturated carbocycles. The molecule has 1 aliphatic rings. The second-order valence-corrected chi connectivity index (χ2v) is 4.94. The summed E-state index contributed by atoms with van der Waals surface area (Å²) in [6, 6.07) is 0. The number of nitrogens with zero attached hydrogens (tertiary/aromatic N) is 1. The molecule has 2 atom stereocenters. The van der Waals surface area contributed by atoms with E-state index in [2.05, 4.69) is 18.9 Å². The van der Waals surface area contributed by atoms with E-state index in [0.29, 0.717) is 0 Å². The fraction of sp³-hybridized carbons (Fsp3) is 1.00. The number of rotatable bonds is 7. The number of aliphatic hydroxyl groups is 1. The van der Waals surface area contributed by atoms with Crippen molar-refractivity contribution in [2.24, 2.45) is 0 Å². The molecule has 1 rings (SSSR count). The van der Waals surface area contributed by atoms with Crippen LogP contribution in [0, 0.1) is 0 Å². The molecule has 0 aromatic rings. The van der Waals surface area contributed by atoms with Crippen molar-refractivity contribution in [3.05, 3.63) is 0 Å². The van der Waals surface area contributed by atoms with Crippen molar-refractivity contribution in [1.82, 2.24) is 4.90 Å². The third-order valence-electron chi connectivity index (χ3n) is 3.33. The van der Waals surface area contributed by atoms with Crippen molar-refractivity contribution in [1.29, 1.82) is 0 Å². The summed E-state index contributed by atoms with van der Waals surface area (Å²) in [5.74, 6) is 0. The van der Waals surface area contributed by atoms with Crippen molar-refractivity contribution in [2.75, 3.05) is 26.7 Å². The molecule has 1 heterocycles. The predicted octanol–water partition coefficient (Wildman–Crippen LogP) is 2.04. The second-order valence-electron chi connectivity index (χ2n) is 4.94. The molecule has 0 spiro atoms. The first-order chi connectivity index (χ1) is 7.74. The fourth-order valence-corrected chi connectivity index (χ4v) is 2.19. The average molecular weight is 229 g/mol. The Bertz CT molecular complexity index is 175. The van der Waals surface area contributed by atoms with Gasteiger partial charge in [-0.25, -0.2) is 0 Å². The van der Waals surface area contributed by atoms with Crippen LogP contribution >= 0.6 is 0 Å². The summed E-state index contributed by atoms with van der Waals surface area (Å²) in [6.45, 7) is 4.84. The van der Waals surface area contributed by atoms with Crippen LogP contribution in [-0.2, 0) is 4.74 Å². The summed E-state index contributed by atoms with van der Waals surface area (Å²) < 4.78 is 5.60. The Labute approximate surface area is 99.8 Å². The number of hydrogen-bond acceptors (Lipinski definition) is 3. The third kappa shape index (κ3) is 5.28. The molecule has 1 saturated heterocycles. The van der Waals surface area contributed by atoms with Gasteiger partial charge in [0.1, 0.15) is 0 Å². The van der Waals surface area contributed by atoms with Crippen LogP contribution in [0.5, 0.6) is 0 Å². The predicted molar refractivity (Wildman–Crippen MR) is 66.6 cm³/mol. The quantitative estimate of drug-likeness (QED) is 0.678. The number of aliphatic hydroxyl groups excluding tert-OH is 1. The lowest BCUT2D eigenvalue weighted by Gasteiger charge is -2.32. The van der Waals surface area contributed by atoms with Gasteiger partial charge in [-0.1, -0.05) is 39.0 Å². The van der Waals surface area contributed by atoms with E-state index < -0.39 is 0 Å². The van der Waals surface area contributed by atoms with Gasteiger partial charge >= 0.3 is 0 Å². The molecule has 0 aromatic heterocycles. The first kappa shape index (κ1) is 13.9. The molecular weight excluding hydrogens is 202 g/mol. The van der Waals surface area contributed by atoms with Crippen LogP contribution in [0.1, 0.15) is 45.4 Å². The fourth-order valence-electron chi connectivity index (χ4n) is 2.19. The van der Waals surface area contributed by atoms with E-state index in [1.165, 1.54) is 25.7 Å². The smallest absolute Gasteiger partial charge is 0.0960 e. The topological polar surface area (TPSA) is 32.7 Å². The molecule has 3 nitrogen and oxygen atoms in total. The van der Waals surface area contributed by atoms with E-state index in [9.17, 15) is 5.11 Å². The summed E-state index contributed by atoms with van der Waals surface area (Å²) in [4.78, 5) is 2.23. The molecule has 0 aliphatic carbocycles. The highest BCUT2D eigenvalue weighted by atomic mass is 16.5. The lowest BCUT2D eigenvalue weighted by molar-refractivity contribution is -0.0854. The van der Waals surface area contributed by atoms with E-state index >= 15 is 0 Å². The van der Waals surface area contributed by atoms with Gasteiger partial charge in [0.15, 0.2) is 0 Å². The van der Waals surface area contributed by atoms with Gasteiger partial charge in [-0.15, -0.1) is 0 Å². The summed E-state index contributed by atoms with van der Waals surface area (Å²) in [7, 11) is 2.09. The van der Waals surface area contributed by atoms with Crippen LogP contribution in [0.4, 0.5) is 0 Å². The summed E-state index contributed by atoms with van der Waals surface area (Å²) in [5, 5.41) is 10.00. The molecular formula is C13H27NO2. The molecule has 0 bridgehead atoms. The monoisotopic (exact) mass is 229 g/mol. The molecule has 1 fully saturated rings. The highest BCUT2D eigenvalue weighted by Crippen LogP contribution is 2.14. The highest BCUT2D eigenvalue weighted by Gasteiger charge is 2.24. The zero-order chi connectivity index (χ0) is 11.8. The molecule has 96 valence electrons. The molecule has 2 unspecified atom stereocenters. The Morgan fingerprint density at radius 2 is 2.06 bits per heavy atom. The van der Waals surface area contributed by atoms with Crippen LogP contribution in [0.2, 0.25) is 0 Å². The van der Waals surface area contributed by atoms with Gasteiger partial charge in [0, 0.05) is 13.1 Å². The first-order valence-electron chi connectivity index (χ1n) is 6.72. The van der Waals surface area contributed by atoms with E-state index in [0.717, 1.165) is 32.5 Å². The molecule has 1 N–H and O–H groups in total. The van der Waals surface area contributed by atoms with E-state index in [1.54, 1.807) is 0 Å². The van der Waals surface area contributed by atoms with Gasteiger partial charge in [0.2, 0.25) is 0 Å². The number of likely N-dealkylation sites (N-methyl/N-ethyl adjacent to an activating group) is 1. The third-order valence-corrected chi connectivity index (χ3v) is 3.33. The van der Waals surface area contributed by atoms with Crippen LogP contribution in [0.25, 0.3) is 0 Å². The minimum absolute atomic E-state index is 0.0323. The summed E-state index contributed by atoms with van der Waals surface area (Å²) in [5.41, 5.74) is 0. The maximum atomic E-state index is 10.00. The minimum atomic E-state index is -0.274. The van der Waals surface area contributed by atoms with Crippen LogP contribution in [0.15, 0.2) is 0 Å². The van der Waals surface area contributed by atoms with E-state index in [4.69, 9.17) is 4.74 Å². The summed E-state index contributed by atoms with van der Waals surface area (Å²) >= 11 is 0. The molecule has 16 heavy (non-hydrogen) atoms. The Morgan fingerprint density at radius 3 is 2.75 bits per heavy atom. The zero-order valence-electron chi connectivity index (χ0n) is 10.8. The number of morpholine rings is 1. The normalized spacial score (nSPS) is 24.6. The largest absolute Gasteiger partial charge is 0.390 e. The van der Waals surface area contributed by atoms with Crippen molar-refractivity contribution in [3.8, 4) is 0 Å². The Kier molecular flexibility index (Phi) is 7.01. The molecule has 0 aromatic carbocycles. The van der Waals surface area contributed by atoms with E-state index in [-0.39, 0.29) is 12.2 Å². The van der Waals surface area contributed by atoms with Crippen molar-refractivity contribution in [3.63, 3.8) is 0 Å². The SMILES string of the molecule is CCCCCCCC(O)C1CN(C)CCO1. The van der Waals surface area contributed by atoms with Gasteiger partial charge in [0.25, 0.3) is 0 Å². The Morgan fingerprint density at radius 1 is 1.31 bits per heavy atom. The maximum Gasteiger partial charge on any atom is 0.0960 e. The molecule has 1 aliphatic heterocycles. The number of unbranched alkanes of at least 4 members (excludes halogenated alkanes) is 4. The van der Waals surface area contributed by atoms with Gasteiger partial charge in [0.05, 0.1) is 18.8 Å². The molecule has 0 radical (unpaired) electrons. The van der Waals surface area contributed by atoms with Crippen molar-refractivity contribution in [2.45, 2.75) is 57.7 Å². The Balaban J connectivity index is 2.06. The number of hydrogen-bond donors (Lipinski definition) is 1. The molecule has 3 heteroatoms. The lowest BCUT2D eigenvalue weighted by Crippen LogP contribution is -2.45. The van der Waals surface area contributed by atoms with Crippen LogP contribution in [0.3, 0.4) is 0 Å². The maximum absolute atomic E-state index is 10.00. The Hall–Kier alpha value is -0.120. The van der Waals surface area contributed by atoms with E-state index in [1.807, 2.05) is 0 Å². The average Bonchev–Trinajstić information content (AvgIpc) is 2.28. The zero-order valence-corrected chi connectivity index (χ0v) is 10.8. The minimum Gasteiger partial charge on any atom is -0.390 e. The van der Waals surface area contributed by atoms with Crippen LogP contribution < -0.4 is 0 Å². The second kappa shape index (κ2) is 8.04. The van der Waals surface area contributed by atoms with Gasteiger partial charge in [-0.05, 0) is 13.5 Å². The van der Waals surface area contributed by atoms with Gasteiger partial charge in [-0.3, -0.25) is 0 Å². The highest BCUT2D eigenvalue weighted by molar-refractivity contribution is 4.76. The molecule has 0 amide bonds. The van der Waals surface area contributed by atoms with Crippen molar-refractivity contribution < 1.29 is 9.84 Å². The first-order valence-corrected chi connectivity index (χ1v) is 6.72. The summed E-state index contributed by atoms with van der Waals surface area (Å²) in [6.07, 6.45) is 6.92. The van der Waals surface area contributed by atoms with Crippen molar-refractivity contribution >= 4 is 0 Å². The standard InChI is InChI=1S/C13H27NO2/c1-3-4-5-6-7-8-12(15)13-11-14(2)9-10-16-13/h12-13,15H,3-11H2,1-2H3. The lowest BCUT2D eigenvalue weighted by atomic mass is 10.0. The van der Waals surface area contributed by atoms with Gasteiger partial charge < -0.3 is 14.7 Å².